The third-order valence-electron chi connectivity index (χ3n) is 5.07. The highest BCUT2D eigenvalue weighted by Gasteiger charge is 2.04. The van der Waals surface area contributed by atoms with Gasteiger partial charge in [-0.25, -0.2) is 4.98 Å². The molecule has 0 unspecified atom stereocenters. The number of benzene rings is 2. The van der Waals surface area contributed by atoms with E-state index >= 15 is 0 Å². The molecule has 0 bridgehead atoms. The molecule has 0 saturated carbocycles. The number of hydrogen-bond donors (Lipinski definition) is 4. The number of H-pyrrole nitrogens is 1. The van der Waals surface area contributed by atoms with Crippen molar-refractivity contribution in [3.05, 3.63) is 72.7 Å². The zero-order chi connectivity index (χ0) is 20.5. The number of phenolic OH excluding ortho intramolecular Hbond substituents is 1. The van der Waals surface area contributed by atoms with E-state index in [1.54, 1.807) is 18.3 Å². The summed E-state index contributed by atoms with van der Waals surface area (Å²) in [6.45, 7) is 3.50. The van der Waals surface area contributed by atoms with Crippen molar-refractivity contribution in [3.8, 4) is 5.75 Å². The second-order valence-electron chi connectivity index (χ2n) is 7.32. The molecule has 0 radical (unpaired) electrons. The number of anilines is 3. The lowest BCUT2D eigenvalue weighted by molar-refractivity contribution is 0.476. The Balaban J connectivity index is 1.25. The van der Waals surface area contributed by atoms with Crippen LogP contribution in [0.3, 0.4) is 0 Å². The summed E-state index contributed by atoms with van der Waals surface area (Å²) in [6.07, 6.45) is 3.76. The minimum absolute atomic E-state index is 0.280. The highest BCUT2D eigenvalue weighted by atomic mass is 16.3. The maximum atomic E-state index is 9.60. The summed E-state index contributed by atoms with van der Waals surface area (Å²) in [5.74, 6) is 1.59. The molecule has 3 aromatic heterocycles. The molecule has 30 heavy (non-hydrogen) atoms. The standard InChI is InChI=1S/C23H22N6O/c1-15-12-17-13-18(2-4-20(17)26-15)27-22-6-8-24-23(28-22)25-9-11-29-10-7-16-14-19(30)3-5-21(16)29/h2-8,10,12-14,26,30H,9,11H2,1H3,(H2,24,25,27,28). The van der Waals surface area contributed by atoms with Crippen molar-refractivity contribution < 1.29 is 5.11 Å². The predicted octanol–water partition coefficient (Wildman–Crippen LogP) is 4.78. The minimum Gasteiger partial charge on any atom is -0.508 e. The highest BCUT2D eigenvalue weighted by Crippen LogP contribution is 2.23. The molecule has 7 nitrogen and oxygen atoms in total. The van der Waals surface area contributed by atoms with Crippen LogP contribution in [0.1, 0.15) is 5.69 Å². The Morgan fingerprint density at radius 2 is 1.97 bits per heavy atom. The number of nitrogens with zero attached hydrogens (tertiary/aromatic N) is 3. The van der Waals surface area contributed by atoms with Crippen molar-refractivity contribution in [1.29, 1.82) is 0 Å². The third-order valence-corrected chi connectivity index (χ3v) is 5.07. The Hall–Kier alpha value is -4.00. The summed E-state index contributed by atoms with van der Waals surface area (Å²) in [4.78, 5) is 12.2. The lowest BCUT2D eigenvalue weighted by atomic mass is 10.2. The number of aromatic nitrogens is 4. The summed E-state index contributed by atoms with van der Waals surface area (Å²) >= 11 is 0. The van der Waals surface area contributed by atoms with Crippen LogP contribution in [0.4, 0.5) is 17.5 Å². The van der Waals surface area contributed by atoms with E-state index in [2.05, 4.69) is 55.3 Å². The van der Waals surface area contributed by atoms with Gasteiger partial charge in [0, 0.05) is 58.7 Å². The molecular weight excluding hydrogens is 376 g/mol. The number of fused-ring (bicyclic) bond motifs is 2. The molecule has 2 aromatic carbocycles. The van der Waals surface area contributed by atoms with Gasteiger partial charge in [0.15, 0.2) is 0 Å². The summed E-state index contributed by atoms with van der Waals surface area (Å²) in [5.41, 5.74) is 4.33. The van der Waals surface area contributed by atoms with Crippen molar-refractivity contribution >= 4 is 39.3 Å². The van der Waals surface area contributed by atoms with Crippen molar-refractivity contribution in [2.24, 2.45) is 0 Å². The van der Waals surface area contributed by atoms with Gasteiger partial charge in [-0.2, -0.15) is 4.98 Å². The smallest absolute Gasteiger partial charge is 0.224 e. The molecule has 0 atom stereocenters. The summed E-state index contributed by atoms with van der Waals surface area (Å²) < 4.78 is 2.14. The number of nitrogens with one attached hydrogen (secondary N) is 3. The van der Waals surface area contributed by atoms with Crippen molar-refractivity contribution in [3.63, 3.8) is 0 Å². The van der Waals surface area contributed by atoms with Crippen LogP contribution in [0.25, 0.3) is 21.8 Å². The van der Waals surface area contributed by atoms with Crippen LogP contribution in [0.15, 0.2) is 67.0 Å². The number of aryl methyl sites for hydroxylation is 1. The first-order chi connectivity index (χ1) is 14.6. The first-order valence-electron chi connectivity index (χ1n) is 9.85. The molecule has 4 N–H and O–H groups in total. The highest BCUT2D eigenvalue weighted by molar-refractivity contribution is 5.84. The van der Waals surface area contributed by atoms with E-state index in [1.807, 2.05) is 30.5 Å². The minimum atomic E-state index is 0.280. The predicted molar refractivity (Wildman–Crippen MR) is 120 cm³/mol. The summed E-state index contributed by atoms with van der Waals surface area (Å²) in [6, 6.07) is 17.6. The quantitative estimate of drug-likeness (QED) is 0.330. The fourth-order valence-corrected chi connectivity index (χ4v) is 3.69. The topological polar surface area (TPSA) is 90.8 Å². The first-order valence-corrected chi connectivity index (χ1v) is 9.85. The molecular formula is C23H22N6O. The van der Waals surface area contributed by atoms with Crippen LogP contribution in [0, 0.1) is 6.92 Å². The second-order valence-corrected chi connectivity index (χ2v) is 7.32. The molecule has 0 amide bonds. The molecule has 5 aromatic rings. The average Bonchev–Trinajstić information content (AvgIpc) is 3.30. The van der Waals surface area contributed by atoms with Crippen LogP contribution in [-0.4, -0.2) is 31.2 Å². The van der Waals surface area contributed by atoms with E-state index in [4.69, 9.17) is 0 Å². The van der Waals surface area contributed by atoms with Crippen LogP contribution >= 0.6 is 0 Å². The second kappa shape index (κ2) is 7.44. The number of aromatic hydroxyl groups is 1. The Kier molecular flexibility index (Phi) is 4.48. The molecule has 0 spiro atoms. The molecule has 3 heterocycles. The van der Waals surface area contributed by atoms with Gasteiger partial charge in [-0.15, -0.1) is 0 Å². The van der Waals surface area contributed by atoms with Gasteiger partial charge in [0.25, 0.3) is 0 Å². The van der Waals surface area contributed by atoms with Gasteiger partial charge in [-0.1, -0.05) is 0 Å². The van der Waals surface area contributed by atoms with Crippen molar-refractivity contribution in [2.45, 2.75) is 13.5 Å². The Morgan fingerprint density at radius 3 is 2.90 bits per heavy atom. The lowest BCUT2D eigenvalue weighted by Crippen LogP contribution is -2.12. The average molecular weight is 398 g/mol. The number of aromatic amines is 1. The SMILES string of the molecule is Cc1cc2cc(Nc3ccnc(NCCn4ccc5cc(O)ccc54)n3)ccc2[nH]1. The molecule has 0 saturated heterocycles. The Bertz CT molecular complexity index is 1340. The fraction of sp³-hybridized carbons (Fsp3) is 0.130. The molecule has 7 heteroatoms. The van der Waals surface area contributed by atoms with Gasteiger partial charge >= 0.3 is 0 Å². The zero-order valence-electron chi connectivity index (χ0n) is 16.6. The molecule has 5 rings (SSSR count). The fourth-order valence-electron chi connectivity index (χ4n) is 3.69. The van der Waals surface area contributed by atoms with Crippen molar-refractivity contribution in [1.82, 2.24) is 19.5 Å². The van der Waals surface area contributed by atoms with E-state index in [0.717, 1.165) is 45.5 Å². The van der Waals surface area contributed by atoms with Gasteiger partial charge in [-0.05, 0) is 61.5 Å². The van der Waals surface area contributed by atoms with Crippen LogP contribution in [0.5, 0.6) is 5.75 Å². The first kappa shape index (κ1) is 18.1. The number of phenols is 1. The Morgan fingerprint density at radius 1 is 1.03 bits per heavy atom. The third kappa shape index (κ3) is 3.65. The normalized spacial score (nSPS) is 11.2. The van der Waals surface area contributed by atoms with Crippen LogP contribution in [-0.2, 0) is 6.54 Å². The summed E-state index contributed by atoms with van der Waals surface area (Å²) in [5, 5.41) is 18.4. The van der Waals surface area contributed by atoms with Crippen LogP contribution in [0.2, 0.25) is 0 Å². The summed E-state index contributed by atoms with van der Waals surface area (Å²) in [7, 11) is 0. The van der Waals surface area contributed by atoms with Gasteiger partial charge in [0.2, 0.25) is 5.95 Å². The molecule has 150 valence electrons. The number of hydrogen-bond acceptors (Lipinski definition) is 5. The van der Waals surface area contributed by atoms with Gasteiger partial charge in [0.05, 0.1) is 0 Å². The van der Waals surface area contributed by atoms with Gasteiger partial charge in [0.1, 0.15) is 11.6 Å². The van der Waals surface area contributed by atoms with E-state index in [9.17, 15) is 5.11 Å². The van der Waals surface area contributed by atoms with Crippen LogP contribution < -0.4 is 10.6 Å². The van der Waals surface area contributed by atoms with E-state index in [-0.39, 0.29) is 5.75 Å². The molecule has 0 fully saturated rings. The largest absolute Gasteiger partial charge is 0.508 e. The van der Waals surface area contributed by atoms with E-state index in [0.29, 0.717) is 12.5 Å². The number of rotatable bonds is 6. The zero-order valence-corrected chi connectivity index (χ0v) is 16.6. The molecule has 0 aliphatic carbocycles. The van der Waals surface area contributed by atoms with Gasteiger partial charge < -0.3 is 25.3 Å². The van der Waals surface area contributed by atoms with Gasteiger partial charge in [-0.3, -0.25) is 0 Å². The van der Waals surface area contributed by atoms with E-state index in [1.165, 1.54) is 0 Å². The monoisotopic (exact) mass is 398 g/mol. The maximum absolute atomic E-state index is 9.60. The Labute approximate surface area is 173 Å². The maximum Gasteiger partial charge on any atom is 0.224 e. The lowest BCUT2D eigenvalue weighted by Gasteiger charge is -2.10. The molecule has 0 aliphatic rings. The molecule has 0 aliphatic heterocycles. The van der Waals surface area contributed by atoms with E-state index < -0.39 is 0 Å². The van der Waals surface area contributed by atoms with Crippen molar-refractivity contribution in [2.75, 3.05) is 17.2 Å².